The fourth-order valence-electron chi connectivity index (χ4n) is 3.46. The molecule has 0 radical (unpaired) electrons. The van der Waals surface area contributed by atoms with E-state index in [0.717, 1.165) is 40.7 Å². The van der Waals surface area contributed by atoms with Crippen LogP contribution in [0.3, 0.4) is 0 Å². The fourth-order valence-corrected chi connectivity index (χ4v) is 4.03. The maximum Gasteiger partial charge on any atom is 0.229 e. The minimum absolute atomic E-state index is 0.373. The molecule has 0 aliphatic rings. The van der Waals surface area contributed by atoms with Crippen LogP contribution in [0.2, 0.25) is 0 Å². The van der Waals surface area contributed by atoms with Gasteiger partial charge in [0.05, 0.1) is 29.6 Å². The van der Waals surface area contributed by atoms with Gasteiger partial charge in [-0.2, -0.15) is 5.26 Å². The van der Waals surface area contributed by atoms with Crippen molar-refractivity contribution < 1.29 is 13.2 Å². The molecule has 0 atom stereocenters. The van der Waals surface area contributed by atoms with Gasteiger partial charge in [0, 0.05) is 23.7 Å². The summed E-state index contributed by atoms with van der Waals surface area (Å²) in [5.41, 5.74) is 3.73. The highest BCUT2D eigenvalue weighted by molar-refractivity contribution is 7.92. The van der Waals surface area contributed by atoms with E-state index in [2.05, 4.69) is 29.2 Å². The SMILES string of the molecule is CCOc1ccc2c(C#N)c(-c3ccc(NS(C)(=O)=O)cc3)n(CC(C)C)c2c1. The summed E-state index contributed by atoms with van der Waals surface area (Å²) in [4.78, 5) is 0. The third kappa shape index (κ3) is 4.54. The molecule has 0 aliphatic heterocycles. The lowest BCUT2D eigenvalue weighted by Crippen LogP contribution is -2.09. The maximum absolute atomic E-state index is 11.5. The largest absolute Gasteiger partial charge is 0.494 e. The van der Waals surface area contributed by atoms with Gasteiger partial charge in [-0.1, -0.05) is 26.0 Å². The Labute approximate surface area is 171 Å². The van der Waals surface area contributed by atoms with Crippen LogP contribution in [0.5, 0.6) is 5.75 Å². The molecule has 0 saturated carbocycles. The Bertz CT molecular complexity index is 1170. The Morgan fingerprint density at radius 2 is 1.86 bits per heavy atom. The van der Waals surface area contributed by atoms with Crippen molar-refractivity contribution in [3.8, 4) is 23.1 Å². The van der Waals surface area contributed by atoms with Crippen LogP contribution in [0.1, 0.15) is 26.3 Å². The smallest absolute Gasteiger partial charge is 0.229 e. The van der Waals surface area contributed by atoms with Crippen molar-refractivity contribution in [3.63, 3.8) is 0 Å². The summed E-state index contributed by atoms with van der Waals surface area (Å²) in [7, 11) is -3.34. The molecule has 6 nitrogen and oxygen atoms in total. The van der Waals surface area contributed by atoms with Crippen molar-refractivity contribution in [2.75, 3.05) is 17.6 Å². The quantitative estimate of drug-likeness (QED) is 0.615. The summed E-state index contributed by atoms with van der Waals surface area (Å²) in [6, 6.07) is 15.2. The van der Waals surface area contributed by atoms with Gasteiger partial charge in [-0.15, -0.1) is 0 Å². The molecule has 0 amide bonds. The minimum Gasteiger partial charge on any atom is -0.494 e. The van der Waals surface area contributed by atoms with Gasteiger partial charge in [-0.25, -0.2) is 8.42 Å². The van der Waals surface area contributed by atoms with Crippen molar-refractivity contribution in [2.45, 2.75) is 27.3 Å². The summed E-state index contributed by atoms with van der Waals surface area (Å²) in [5.74, 6) is 1.14. The number of aromatic nitrogens is 1. The highest BCUT2D eigenvalue weighted by atomic mass is 32.2. The monoisotopic (exact) mass is 411 g/mol. The molecule has 3 rings (SSSR count). The van der Waals surface area contributed by atoms with Gasteiger partial charge in [-0.3, -0.25) is 4.72 Å². The molecule has 3 aromatic rings. The zero-order valence-corrected chi connectivity index (χ0v) is 17.9. The second-order valence-corrected chi connectivity index (χ2v) is 9.15. The first kappa shape index (κ1) is 20.7. The number of hydrogen-bond acceptors (Lipinski definition) is 4. The van der Waals surface area contributed by atoms with Crippen molar-refractivity contribution in [1.29, 1.82) is 5.26 Å². The molecular formula is C22H25N3O3S. The first-order chi connectivity index (χ1) is 13.7. The first-order valence-corrected chi connectivity index (χ1v) is 11.4. The Morgan fingerprint density at radius 3 is 2.41 bits per heavy atom. The van der Waals surface area contributed by atoms with Gasteiger partial charge >= 0.3 is 0 Å². The lowest BCUT2D eigenvalue weighted by molar-refractivity contribution is 0.340. The molecule has 1 N–H and O–H groups in total. The number of fused-ring (bicyclic) bond motifs is 1. The lowest BCUT2D eigenvalue weighted by atomic mass is 10.1. The minimum atomic E-state index is -3.34. The van der Waals surface area contributed by atoms with Crippen molar-refractivity contribution in [1.82, 2.24) is 4.57 Å². The molecule has 1 aromatic heterocycles. The fraction of sp³-hybridized carbons (Fsp3) is 0.318. The molecule has 0 spiro atoms. The number of nitrogens with zero attached hydrogens (tertiary/aromatic N) is 2. The van der Waals surface area contributed by atoms with Crippen LogP contribution in [0.25, 0.3) is 22.2 Å². The van der Waals surface area contributed by atoms with Crippen molar-refractivity contribution in [3.05, 3.63) is 48.0 Å². The summed E-state index contributed by atoms with van der Waals surface area (Å²) in [6.45, 7) is 7.52. The van der Waals surface area contributed by atoms with E-state index in [1.165, 1.54) is 0 Å². The van der Waals surface area contributed by atoms with Gasteiger partial charge in [-0.05, 0) is 42.7 Å². The molecule has 7 heteroatoms. The summed E-state index contributed by atoms with van der Waals surface area (Å²) in [5, 5.41) is 10.8. The topological polar surface area (TPSA) is 84.1 Å². The number of nitrogens with one attached hydrogen (secondary N) is 1. The number of anilines is 1. The molecule has 0 unspecified atom stereocenters. The molecule has 1 heterocycles. The Morgan fingerprint density at radius 1 is 1.17 bits per heavy atom. The van der Waals surface area contributed by atoms with E-state index in [4.69, 9.17) is 4.74 Å². The summed E-state index contributed by atoms with van der Waals surface area (Å²) >= 11 is 0. The molecule has 2 aromatic carbocycles. The standard InChI is InChI=1S/C22H25N3O3S/c1-5-28-18-10-11-19-20(13-23)22(25(14-15(2)3)21(19)12-18)16-6-8-17(9-7-16)24-29(4,26)27/h6-12,15,24H,5,14H2,1-4H3. The Hall–Kier alpha value is -2.98. The molecule has 0 aliphatic carbocycles. The van der Waals surface area contributed by atoms with E-state index in [-0.39, 0.29) is 0 Å². The van der Waals surface area contributed by atoms with E-state index in [1.807, 2.05) is 37.3 Å². The van der Waals surface area contributed by atoms with E-state index < -0.39 is 10.0 Å². The van der Waals surface area contributed by atoms with Gasteiger partial charge in [0.2, 0.25) is 10.0 Å². The van der Waals surface area contributed by atoms with Crippen LogP contribution in [0.15, 0.2) is 42.5 Å². The number of benzene rings is 2. The van der Waals surface area contributed by atoms with Crippen LogP contribution in [-0.4, -0.2) is 25.8 Å². The zero-order valence-electron chi connectivity index (χ0n) is 17.1. The average Bonchev–Trinajstić information content (AvgIpc) is 2.94. The number of sulfonamides is 1. The third-order valence-corrected chi connectivity index (χ3v) is 5.07. The predicted octanol–water partition coefficient (Wildman–Crippen LogP) is 4.61. The number of hydrogen-bond donors (Lipinski definition) is 1. The summed E-state index contributed by atoms with van der Waals surface area (Å²) < 4.78 is 33.2. The molecular weight excluding hydrogens is 386 g/mol. The number of ether oxygens (including phenoxy) is 1. The van der Waals surface area contributed by atoms with Crippen LogP contribution in [-0.2, 0) is 16.6 Å². The van der Waals surface area contributed by atoms with E-state index in [0.29, 0.717) is 23.8 Å². The van der Waals surface area contributed by atoms with Crippen LogP contribution in [0.4, 0.5) is 5.69 Å². The van der Waals surface area contributed by atoms with Crippen LogP contribution in [0, 0.1) is 17.2 Å². The Kier molecular flexibility index (Phi) is 5.85. The van der Waals surface area contributed by atoms with Gasteiger partial charge < -0.3 is 9.30 Å². The molecule has 29 heavy (non-hydrogen) atoms. The van der Waals surface area contributed by atoms with E-state index >= 15 is 0 Å². The Balaban J connectivity index is 2.21. The molecule has 152 valence electrons. The van der Waals surface area contributed by atoms with Crippen LogP contribution < -0.4 is 9.46 Å². The number of nitriles is 1. The second-order valence-electron chi connectivity index (χ2n) is 7.40. The first-order valence-electron chi connectivity index (χ1n) is 9.51. The third-order valence-electron chi connectivity index (χ3n) is 4.47. The highest BCUT2D eigenvalue weighted by Crippen LogP contribution is 2.36. The second kappa shape index (κ2) is 8.18. The predicted molar refractivity (Wildman–Crippen MR) is 117 cm³/mol. The average molecular weight is 412 g/mol. The van der Waals surface area contributed by atoms with Crippen molar-refractivity contribution in [2.24, 2.45) is 5.92 Å². The van der Waals surface area contributed by atoms with E-state index in [1.54, 1.807) is 12.1 Å². The zero-order chi connectivity index (χ0) is 21.2. The normalized spacial score (nSPS) is 11.6. The maximum atomic E-state index is 11.5. The number of rotatable bonds is 7. The van der Waals surface area contributed by atoms with E-state index in [9.17, 15) is 13.7 Å². The van der Waals surface area contributed by atoms with Gasteiger partial charge in [0.25, 0.3) is 0 Å². The van der Waals surface area contributed by atoms with Crippen LogP contribution >= 0.6 is 0 Å². The van der Waals surface area contributed by atoms with Gasteiger partial charge in [0.15, 0.2) is 0 Å². The van der Waals surface area contributed by atoms with Crippen molar-refractivity contribution >= 4 is 26.6 Å². The summed E-state index contributed by atoms with van der Waals surface area (Å²) in [6.07, 6.45) is 1.12. The lowest BCUT2D eigenvalue weighted by Gasteiger charge is -2.14. The molecule has 0 bridgehead atoms. The van der Waals surface area contributed by atoms with Gasteiger partial charge in [0.1, 0.15) is 11.8 Å². The highest BCUT2D eigenvalue weighted by Gasteiger charge is 2.20. The molecule has 0 fully saturated rings. The molecule has 0 saturated heterocycles.